The lowest BCUT2D eigenvalue weighted by Crippen LogP contribution is -2.49. The molecule has 3 aromatic rings. The molecule has 2 aliphatic heterocycles. The van der Waals surface area contributed by atoms with Crippen molar-refractivity contribution in [1.29, 1.82) is 0 Å². The number of alkyl halides is 3. The van der Waals surface area contributed by atoms with Crippen LogP contribution in [0.3, 0.4) is 0 Å². The van der Waals surface area contributed by atoms with Crippen LogP contribution in [0.15, 0.2) is 42.6 Å². The normalized spacial score (nSPS) is 18.8. The lowest BCUT2D eigenvalue weighted by Gasteiger charge is -2.36. The van der Waals surface area contributed by atoms with Gasteiger partial charge in [-0.2, -0.15) is 13.2 Å². The van der Waals surface area contributed by atoms with Gasteiger partial charge in [0, 0.05) is 79.9 Å². The van der Waals surface area contributed by atoms with Gasteiger partial charge in [-0.15, -0.1) is 0 Å². The number of piperazine rings is 1. The number of halogens is 3. The van der Waals surface area contributed by atoms with Gasteiger partial charge in [0.1, 0.15) is 0 Å². The molecule has 0 unspecified atom stereocenters. The van der Waals surface area contributed by atoms with Crippen LogP contribution in [0.25, 0.3) is 22.2 Å². The highest BCUT2D eigenvalue weighted by atomic mass is 19.4. The summed E-state index contributed by atoms with van der Waals surface area (Å²) in [7, 11) is 0. The number of nitrogens with zero attached hydrogens (tertiary/aromatic N) is 4. The Kier molecular flexibility index (Phi) is 6.27. The van der Waals surface area contributed by atoms with Crippen molar-refractivity contribution in [2.24, 2.45) is 0 Å². The molecule has 0 amide bonds. The van der Waals surface area contributed by atoms with Crippen LogP contribution in [-0.2, 0) is 11.3 Å². The minimum absolute atomic E-state index is 0.414. The van der Waals surface area contributed by atoms with E-state index in [1.54, 1.807) is 0 Å². The number of hydrogen-bond acceptors (Lipinski definition) is 5. The Morgan fingerprint density at radius 3 is 2.33 bits per heavy atom. The molecule has 0 aliphatic carbocycles. The minimum Gasteiger partial charge on any atom is -0.379 e. The second-order valence-corrected chi connectivity index (χ2v) is 8.73. The molecule has 1 N–H and O–H groups in total. The molecule has 6 nitrogen and oxygen atoms in total. The van der Waals surface area contributed by atoms with Crippen molar-refractivity contribution in [3.63, 3.8) is 0 Å². The lowest BCUT2D eigenvalue weighted by atomic mass is 10.1. The fraction of sp³-hybridized carbons (Fsp3) is 0.458. The van der Waals surface area contributed by atoms with Crippen LogP contribution in [0.4, 0.5) is 18.9 Å². The van der Waals surface area contributed by atoms with Crippen molar-refractivity contribution in [1.82, 2.24) is 19.8 Å². The Hall–Kier alpha value is -2.62. The number of pyridine rings is 1. The third-order valence-corrected chi connectivity index (χ3v) is 6.38. The predicted octanol–water partition coefficient (Wildman–Crippen LogP) is 3.75. The van der Waals surface area contributed by atoms with Gasteiger partial charge in [0.2, 0.25) is 0 Å². The molecular weight excluding hydrogens is 431 g/mol. The molecule has 0 radical (unpaired) electrons. The number of rotatable bonds is 5. The first-order chi connectivity index (χ1) is 15.9. The standard InChI is InChI=1S/C24H28F3N5O/c25-24(26,27)17-31-7-9-32(10-8-31)20-3-1-18(2-4-20)23-21-15-19(29-22(21)5-6-28-23)16-30-11-13-33-14-12-30/h1-6,15,29H,7-14,16-17H2. The summed E-state index contributed by atoms with van der Waals surface area (Å²) in [5.41, 5.74) is 5.21. The van der Waals surface area contributed by atoms with Crippen LogP contribution in [0.5, 0.6) is 0 Å². The van der Waals surface area contributed by atoms with E-state index >= 15 is 0 Å². The van der Waals surface area contributed by atoms with Gasteiger partial charge in [-0.1, -0.05) is 12.1 Å². The number of hydrogen-bond donors (Lipinski definition) is 1. The Morgan fingerprint density at radius 1 is 0.909 bits per heavy atom. The van der Waals surface area contributed by atoms with Crippen LogP contribution in [0, 0.1) is 0 Å². The zero-order valence-corrected chi connectivity index (χ0v) is 18.4. The Labute approximate surface area is 190 Å². The van der Waals surface area contributed by atoms with E-state index < -0.39 is 12.7 Å². The van der Waals surface area contributed by atoms with Crippen LogP contribution in [0.1, 0.15) is 5.69 Å². The van der Waals surface area contributed by atoms with Crippen molar-refractivity contribution in [2.45, 2.75) is 12.7 Å². The molecule has 5 rings (SSSR count). The smallest absolute Gasteiger partial charge is 0.379 e. The Bertz CT molecular complexity index is 1070. The molecule has 1 aromatic carbocycles. The number of aromatic nitrogens is 2. The third kappa shape index (κ3) is 5.31. The highest BCUT2D eigenvalue weighted by molar-refractivity contribution is 5.93. The quantitative estimate of drug-likeness (QED) is 0.630. The lowest BCUT2D eigenvalue weighted by molar-refractivity contribution is -0.146. The molecule has 4 heterocycles. The van der Waals surface area contributed by atoms with Gasteiger partial charge in [0.15, 0.2) is 0 Å². The summed E-state index contributed by atoms with van der Waals surface area (Å²) in [4.78, 5) is 14.2. The van der Waals surface area contributed by atoms with E-state index in [1.807, 2.05) is 36.5 Å². The van der Waals surface area contributed by atoms with E-state index in [1.165, 1.54) is 4.90 Å². The average Bonchev–Trinajstić information content (AvgIpc) is 3.22. The molecule has 176 valence electrons. The first kappa shape index (κ1) is 22.2. The molecule has 2 fully saturated rings. The zero-order chi connectivity index (χ0) is 22.8. The number of aromatic amines is 1. The van der Waals surface area contributed by atoms with Crippen molar-refractivity contribution < 1.29 is 17.9 Å². The van der Waals surface area contributed by atoms with Gasteiger partial charge in [0.25, 0.3) is 0 Å². The Balaban J connectivity index is 1.28. The van der Waals surface area contributed by atoms with Crippen molar-refractivity contribution in [3.8, 4) is 11.3 Å². The van der Waals surface area contributed by atoms with Gasteiger partial charge < -0.3 is 14.6 Å². The maximum absolute atomic E-state index is 12.6. The predicted molar refractivity (Wildman–Crippen MR) is 122 cm³/mol. The highest BCUT2D eigenvalue weighted by Gasteiger charge is 2.32. The number of anilines is 1. The fourth-order valence-electron chi connectivity index (χ4n) is 4.67. The number of fused-ring (bicyclic) bond motifs is 1. The first-order valence-electron chi connectivity index (χ1n) is 11.4. The molecular formula is C24H28F3N5O. The zero-order valence-electron chi connectivity index (χ0n) is 18.4. The maximum Gasteiger partial charge on any atom is 0.401 e. The van der Waals surface area contributed by atoms with E-state index in [4.69, 9.17) is 4.74 Å². The monoisotopic (exact) mass is 459 g/mol. The van der Waals surface area contributed by atoms with Gasteiger partial charge in [-0.25, -0.2) is 0 Å². The van der Waals surface area contributed by atoms with Crippen molar-refractivity contribution >= 4 is 16.6 Å². The molecule has 2 aromatic heterocycles. The SMILES string of the molecule is FC(F)(F)CN1CCN(c2ccc(-c3nccc4[nH]c(CN5CCOCC5)cc34)cc2)CC1. The second-order valence-electron chi connectivity index (χ2n) is 8.73. The van der Waals surface area contributed by atoms with Gasteiger partial charge in [-0.3, -0.25) is 14.8 Å². The third-order valence-electron chi connectivity index (χ3n) is 6.38. The molecule has 0 spiro atoms. The summed E-state index contributed by atoms with van der Waals surface area (Å²) in [5, 5.41) is 1.09. The van der Waals surface area contributed by atoms with E-state index in [0.29, 0.717) is 26.2 Å². The number of ether oxygens (including phenoxy) is 1. The summed E-state index contributed by atoms with van der Waals surface area (Å²) >= 11 is 0. The summed E-state index contributed by atoms with van der Waals surface area (Å²) in [6.45, 7) is 5.45. The number of morpholine rings is 1. The minimum atomic E-state index is -4.14. The molecule has 9 heteroatoms. The summed E-state index contributed by atoms with van der Waals surface area (Å²) in [5.74, 6) is 0. The summed E-state index contributed by atoms with van der Waals surface area (Å²) in [6.07, 6.45) is -2.32. The Morgan fingerprint density at radius 2 is 1.64 bits per heavy atom. The largest absolute Gasteiger partial charge is 0.401 e. The van der Waals surface area contributed by atoms with Crippen LogP contribution < -0.4 is 4.90 Å². The molecule has 0 bridgehead atoms. The van der Waals surface area contributed by atoms with Crippen LogP contribution in [0.2, 0.25) is 0 Å². The molecule has 0 atom stereocenters. The highest BCUT2D eigenvalue weighted by Crippen LogP contribution is 2.29. The molecule has 2 saturated heterocycles. The molecule has 0 saturated carbocycles. The van der Waals surface area contributed by atoms with E-state index in [-0.39, 0.29) is 0 Å². The van der Waals surface area contributed by atoms with Gasteiger partial charge in [0.05, 0.1) is 25.5 Å². The van der Waals surface area contributed by atoms with Crippen LogP contribution in [-0.4, -0.2) is 85.0 Å². The van der Waals surface area contributed by atoms with Gasteiger partial charge >= 0.3 is 6.18 Å². The molecule has 2 aliphatic rings. The average molecular weight is 460 g/mol. The number of H-pyrrole nitrogens is 1. The van der Waals surface area contributed by atoms with Crippen molar-refractivity contribution in [2.75, 3.05) is 63.9 Å². The van der Waals surface area contributed by atoms with E-state index in [0.717, 1.165) is 66.4 Å². The molecule has 33 heavy (non-hydrogen) atoms. The van der Waals surface area contributed by atoms with Crippen molar-refractivity contribution in [3.05, 3.63) is 48.3 Å². The number of nitrogens with one attached hydrogen (secondary N) is 1. The van der Waals surface area contributed by atoms with Crippen LogP contribution >= 0.6 is 0 Å². The summed E-state index contributed by atoms with van der Waals surface area (Å²) in [6, 6.07) is 12.4. The maximum atomic E-state index is 12.6. The number of benzene rings is 1. The first-order valence-corrected chi connectivity index (χ1v) is 11.4. The van der Waals surface area contributed by atoms with Gasteiger partial charge in [-0.05, 0) is 24.3 Å². The van der Waals surface area contributed by atoms with E-state index in [9.17, 15) is 13.2 Å². The van der Waals surface area contributed by atoms with E-state index in [2.05, 4.69) is 25.8 Å². The second kappa shape index (κ2) is 9.32. The topological polar surface area (TPSA) is 47.6 Å². The fourth-order valence-corrected chi connectivity index (χ4v) is 4.67. The summed E-state index contributed by atoms with van der Waals surface area (Å²) < 4.78 is 43.3.